The second-order valence-electron chi connectivity index (χ2n) is 7.40. The highest BCUT2D eigenvalue weighted by molar-refractivity contribution is 8.00. The van der Waals surface area contributed by atoms with Crippen molar-refractivity contribution in [2.24, 2.45) is 0 Å². The lowest BCUT2D eigenvalue weighted by atomic mass is 10.1. The molecule has 1 atom stereocenters. The molecule has 0 saturated heterocycles. The highest BCUT2D eigenvalue weighted by Crippen LogP contribution is 2.37. The number of hydrogen-bond acceptors (Lipinski definition) is 5. The number of nitrogens with zero attached hydrogens (tertiary/aromatic N) is 5. The van der Waals surface area contributed by atoms with Crippen LogP contribution in [0.25, 0.3) is 5.65 Å². The van der Waals surface area contributed by atoms with E-state index in [0.29, 0.717) is 29.3 Å². The largest absolute Gasteiger partial charge is 0.311 e. The molecule has 0 fully saturated rings. The zero-order valence-electron chi connectivity index (χ0n) is 16.8. The third kappa shape index (κ3) is 3.60. The van der Waals surface area contributed by atoms with Gasteiger partial charge in [0, 0.05) is 34.5 Å². The molecule has 2 aromatic heterocycles. The molecule has 4 rings (SSSR count). The maximum atomic E-state index is 13.2. The highest BCUT2D eigenvalue weighted by Gasteiger charge is 2.24. The highest BCUT2D eigenvalue weighted by atomic mass is 32.2. The van der Waals surface area contributed by atoms with Crippen molar-refractivity contribution in [2.45, 2.75) is 50.2 Å². The van der Waals surface area contributed by atoms with E-state index in [1.54, 1.807) is 4.52 Å². The minimum absolute atomic E-state index is 0.129. The molecule has 1 aliphatic rings. The van der Waals surface area contributed by atoms with Gasteiger partial charge in [-0.3, -0.25) is 4.79 Å². The number of fused-ring (bicyclic) bond motifs is 2. The fraction of sp³-hybridized carbons (Fsp3) is 0.364. The number of amides is 1. The van der Waals surface area contributed by atoms with Gasteiger partial charge >= 0.3 is 0 Å². The van der Waals surface area contributed by atoms with E-state index in [1.165, 1.54) is 11.1 Å². The number of para-hydroxylation sites is 1. The predicted molar refractivity (Wildman–Crippen MR) is 114 cm³/mol. The maximum Gasteiger partial charge on any atom is 0.227 e. The van der Waals surface area contributed by atoms with Gasteiger partial charge in [-0.1, -0.05) is 19.1 Å². The lowest BCUT2D eigenvalue weighted by Gasteiger charge is -2.23. The molecule has 0 spiro atoms. The monoisotopic (exact) mass is 405 g/mol. The average molecular weight is 406 g/mol. The molecule has 3 aromatic rings. The topological polar surface area (TPSA) is 74.3 Å². The van der Waals surface area contributed by atoms with Crippen LogP contribution < -0.4 is 4.90 Å². The van der Waals surface area contributed by atoms with Crippen LogP contribution in [-0.4, -0.2) is 32.3 Å². The van der Waals surface area contributed by atoms with Crippen molar-refractivity contribution in [3.8, 4) is 6.07 Å². The maximum absolute atomic E-state index is 13.2. The summed E-state index contributed by atoms with van der Waals surface area (Å²) in [5, 5.41) is 14.0. The number of carbonyl (C=O) groups excluding carboxylic acids is 1. The zero-order valence-corrected chi connectivity index (χ0v) is 17.7. The first-order chi connectivity index (χ1) is 14.0. The van der Waals surface area contributed by atoms with Crippen LogP contribution in [-0.2, 0) is 11.2 Å². The summed E-state index contributed by atoms with van der Waals surface area (Å²) in [6.07, 6.45) is 3.52. The van der Waals surface area contributed by atoms with Crippen molar-refractivity contribution in [3.05, 3.63) is 53.0 Å². The molecule has 148 valence electrons. The van der Waals surface area contributed by atoms with Gasteiger partial charge in [0.1, 0.15) is 11.6 Å². The minimum Gasteiger partial charge on any atom is -0.311 e. The van der Waals surface area contributed by atoms with Gasteiger partial charge in [0.2, 0.25) is 5.91 Å². The summed E-state index contributed by atoms with van der Waals surface area (Å²) in [6, 6.07) is 10.3. The van der Waals surface area contributed by atoms with E-state index in [2.05, 4.69) is 29.1 Å². The van der Waals surface area contributed by atoms with E-state index in [1.807, 2.05) is 48.7 Å². The minimum atomic E-state index is 0.129. The quantitative estimate of drug-likeness (QED) is 0.657. The zero-order chi connectivity index (χ0) is 20.5. The standard InChI is InChI=1S/C22H23N5OS/c1-14-10-11-26(19-6-4-5-7-20(19)29-14)21(28)9-8-18-15(2)25-22-17(12-23)13-24-27(22)16(18)3/h4-7,13-14H,8-11H2,1-3H3. The number of aromatic nitrogens is 3. The molecule has 0 N–H and O–H groups in total. The fourth-order valence-corrected chi connectivity index (χ4v) is 4.98. The van der Waals surface area contributed by atoms with E-state index >= 15 is 0 Å². The van der Waals surface area contributed by atoms with Gasteiger partial charge in [0.15, 0.2) is 5.65 Å². The van der Waals surface area contributed by atoms with Crippen LogP contribution in [0.1, 0.15) is 42.3 Å². The van der Waals surface area contributed by atoms with Crippen LogP contribution in [0.5, 0.6) is 0 Å². The summed E-state index contributed by atoms with van der Waals surface area (Å²) in [7, 11) is 0. The smallest absolute Gasteiger partial charge is 0.227 e. The number of carbonyl (C=O) groups is 1. The molecule has 0 saturated carbocycles. The fourth-order valence-electron chi connectivity index (χ4n) is 3.86. The average Bonchev–Trinajstić information content (AvgIpc) is 3.03. The molecule has 1 aromatic carbocycles. The van der Waals surface area contributed by atoms with Crippen molar-refractivity contribution in [3.63, 3.8) is 0 Å². The molecule has 6 nitrogen and oxygen atoms in total. The summed E-state index contributed by atoms with van der Waals surface area (Å²) >= 11 is 1.84. The van der Waals surface area contributed by atoms with Crippen LogP contribution in [0.2, 0.25) is 0 Å². The van der Waals surface area contributed by atoms with Crippen molar-refractivity contribution in [1.29, 1.82) is 5.26 Å². The van der Waals surface area contributed by atoms with Gasteiger partial charge in [0.25, 0.3) is 0 Å². The van der Waals surface area contributed by atoms with Gasteiger partial charge in [-0.2, -0.15) is 10.4 Å². The van der Waals surface area contributed by atoms with Crippen LogP contribution >= 0.6 is 11.8 Å². The summed E-state index contributed by atoms with van der Waals surface area (Å²) in [4.78, 5) is 20.8. The van der Waals surface area contributed by atoms with E-state index < -0.39 is 0 Å². The van der Waals surface area contributed by atoms with Gasteiger partial charge < -0.3 is 4.90 Å². The van der Waals surface area contributed by atoms with E-state index in [-0.39, 0.29) is 5.91 Å². The molecule has 0 radical (unpaired) electrons. The van der Waals surface area contributed by atoms with Crippen molar-refractivity contribution in [2.75, 3.05) is 11.4 Å². The Morgan fingerprint density at radius 3 is 2.93 bits per heavy atom. The molecule has 0 aliphatic carbocycles. The predicted octanol–water partition coefficient (Wildman–Crippen LogP) is 4.07. The SMILES string of the molecule is Cc1nc2c(C#N)cnn2c(C)c1CCC(=O)N1CCC(C)Sc2ccccc21. The molecule has 1 amide bonds. The third-order valence-corrected chi connectivity index (χ3v) is 6.70. The molecular formula is C22H23N5OS. The van der Waals surface area contributed by atoms with Crippen LogP contribution in [0, 0.1) is 25.2 Å². The van der Waals surface area contributed by atoms with E-state index in [0.717, 1.165) is 35.6 Å². The molecule has 0 bridgehead atoms. The molecular weight excluding hydrogens is 382 g/mol. The molecule has 29 heavy (non-hydrogen) atoms. The van der Waals surface area contributed by atoms with Crippen LogP contribution in [0.3, 0.4) is 0 Å². The normalized spacial score (nSPS) is 16.3. The lowest BCUT2D eigenvalue weighted by molar-refractivity contribution is -0.118. The summed E-state index contributed by atoms with van der Waals surface area (Å²) < 4.78 is 1.70. The number of hydrogen-bond donors (Lipinski definition) is 0. The van der Waals surface area contributed by atoms with Gasteiger partial charge in [-0.05, 0) is 44.4 Å². The second kappa shape index (κ2) is 7.88. The Morgan fingerprint density at radius 1 is 1.34 bits per heavy atom. The summed E-state index contributed by atoms with van der Waals surface area (Å²) in [5.41, 5.74) is 4.85. The molecule has 1 unspecified atom stereocenters. The Bertz CT molecular complexity index is 1130. The second-order valence-corrected chi connectivity index (χ2v) is 8.88. The number of anilines is 1. The Kier molecular flexibility index (Phi) is 5.29. The number of benzene rings is 1. The van der Waals surface area contributed by atoms with E-state index in [4.69, 9.17) is 0 Å². The first-order valence-electron chi connectivity index (χ1n) is 9.79. The van der Waals surface area contributed by atoms with Crippen LogP contribution in [0.15, 0.2) is 35.4 Å². The summed E-state index contributed by atoms with van der Waals surface area (Å²) in [6.45, 7) is 6.85. The van der Waals surface area contributed by atoms with Gasteiger partial charge in [-0.25, -0.2) is 9.50 Å². The molecule has 7 heteroatoms. The van der Waals surface area contributed by atoms with Gasteiger partial charge in [-0.15, -0.1) is 11.8 Å². The third-order valence-electron chi connectivity index (χ3n) is 5.46. The Balaban J connectivity index is 1.58. The molecule has 3 heterocycles. The number of nitriles is 1. The van der Waals surface area contributed by atoms with Crippen molar-refractivity contribution in [1.82, 2.24) is 14.6 Å². The Morgan fingerprint density at radius 2 is 2.14 bits per heavy atom. The first kappa shape index (κ1) is 19.5. The van der Waals surface area contributed by atoms with Crippen molar-refractivity contribution < 1.29 is 4.79 Å². The lowest BCUT2D eigenvalue weighted by Crippen LogP contribution is -2.32. The van der Waals surface area contributed by atoms with E-state index in [9.17, 15) is 10.1 Å². The summed E-state index contributed by atoms with van der Waals surface area (Å²) in [5.74, 6) is 0.129. The first-order valence-corrected chi connectivity index (χ1v) is 10.7. The number of thioether (sulfide) groups is 1. The molecule has 1 aliphatic heterocycles. The Hall–Kier alpha value is -2.85. The Labute approximate surface area is 174 Å². The van der Waals surface area contributed by atoms with Crippen LogP contribution in [0.4, 0.5) is 5.69 Å². The van der Waals surface area contributed by atoms with Crippen molar-refractivity contribution >= 4 is 29.0 Å². The van der Waals surface area contributed by atoms with Gasteiger partial charge in [0.05, 0.1) is 11.9 Å². The number of aryl methyl sites for hydroxylation is 2. The number of rotatable bonds is 3.